The highest BCUT2D eigenvalue weighted by Gasteiger charge is 2.37. The van der Waals surface area contributed by atoms with Gasteiger partial charge in [-0.2, -0.15) is 0 Å². The topological polar surface area (TPSA) is 59.0 Å². The molecule has 5 nitrogen and oxygen atoms in total. The first kappa shape index (κ1) is 19.3. The minimum atomic E-state index is -0.770. The number of hydrogen-bond acceptors (Lipinski definition) is 4. The number of nitrogens with zero attached hydrogens (tertiary/aromatic N) is 1. The van der Waals surface area contributed by atoms with E-state index in [4.69, 9.17) is 9.47 Å². The number of carboxylic acid groups (broad SMARTS) is 1. The van der Waals surface area contributed by atoms with Crippen LogP contribution in [0.25, 0.3) is 10.8 Å². The lowest BCUT2D eigenvalue weighted by Crippen LogP contribution is -2.39. The van der Waals surface area contributed by atoms with Crippen molar-refractivity contribution in [1.29, 1.82) is 0 Å². The van der Waals surface area contributed by atoms with Crippen LogP contribution in [-0.2, 0) is 4.79 Å². The molecule has 0 aromatic heterocycles. The summed E-state index contributed by atoms with van der Waals surface area (Å²) < 4.78 is 10.9. The standard InChI is InChI=1S/C24H25NO4/c1-28-21-13-12-17(15-22(21)29-2)23(25-14-6-11-20(25)24(26)27)19-10-5-8-16-7-3-4-9-18(16)19/h3-5,7-10,12-13,15,20,23H,6,11,14H2,1-2H3,(H,26,27). The van der Waals surface area contributed by atoms with Crippen LogP contribution in [-0.4, -0.2) is 42.8 Å². The zero-order valence-electron chi connectivity index (χ0n) is 16.7. The first-order chi connectivity index (χ1) is 14.1. The van der Waals surface area contributed by atoms with Crippen LogP contribution in [0.2, 0.25) is 0 Å². The number of likely N-dealkylation sites (tertiary alicyclic amines) is 1. The summed E-state index contributed by atoms with van der Waals surface area (Å²) in [4.78, 5) is 14.1. The van der Waals surface area contributed by atoms with Gasteiger partial charge in [0.05, 0.1) is 20.3 Å². The van der Waals surface area contributed by atoms with Crippen LogP contribution in [0.5, 0.6) is 11.5 Å². The second kappa shape index (κ2) is 8.13. The SMILES string of the molecule is COc1ccc(C(c2cccc3ccccc23)N2CCCC2C(=O)O)cc1OC. The highest BCUT2D eigenvalue weighted by atomic mass is 16.5. The molecule has 150 valence electrons. The van der Waals surface area contributed by atoms with Crippen molar-refractivity contribution in [3.8, 4) is 11.5 Å². The van der Waals surface area contributed by atoms with Gasteiger partial charge < -0.3 is 14.6 Å². The first-order valence-electron chi connectivity index (χ1n) is 9.82. The maximum Gasteiger partial charge on any atom is 0.320 e. The fourth-order valence-electron chi connectivity index (χ4n) is 4.42. The van der Waals surface area contributed by atoms with E-state index in [1.807, 2.05) is 36.4 Å². The summed E-state index contributed by atoms with van der Waals surface area (Å²) in [5, 5.41) is 12.1. The van der Waals surface area contributed by atoms with Crippen LogP contribution in [0.4, 0.5) is 0 Å². The average Bonchev–Trinajstić information content (AvgIpc) is 3.24. The van der Waals surface area contributed by atoms with Gasteiger partial charge in [-0.25, -0.2) is 0 Å². The van der Waals surface area contributed by atoms with Crippen LogP contribution >= 0.6 is 0 Å². The summed E-state index contributed by atoms with van der Waals surface area (Å²) in [5.41, 5.74) is 2.09. The summed E-state index contributed by atoms with van der Waals surface area (Å²) in [6.07, 6.45) is 1.52. The van der Waals surface area contributed by atoms with E-state index < -0.39 is 12.0 Å². The Hall–Kier alpha value is -3.05. The number of carbonyl (C=O) groups is 1. The van der Waals surface area contributed by atoms with Crippen molar-refractivity contribution < 1.29 is 19.4 Å². The molecule has 1 saturated heterocycles. The fraction of sp³-hybridized carbons (Fsp3) is 0.292. The van der Waals surface area contributed by atoms with Gasteiger partial charge in [-0.3, -0.25) is 9.69 Å². The predicted molar refractivity (Wildman–Crippen MR) is 113 cm³/mol. The highest BCUT2D eigenvalue weighted by Crippen LogP contribution is 2.40. The summed E-state index contributed by atoms with van der Waals surface area (Å²) >= 11 is 0. The van der Waals surface area contributed by atoms with Gasteiger partial charge in [-0.1, -0.05) is 48.5 Å². The Morgan fingerprint density at radius 2 is 1.79 bits per heavy atom. The maximum absolute atomic E-state index is 12.0. The molecule has 0 amide bonds. The van der Waals surface area contributed by atoms with Crippen molar-refractivity contribution >= 4 is 16.7 Å². The third-order valence-electron chi connectivity index (χ3n) is 5.75. The summed E-state index contributed by atoms with van der Waals surface area (Å²) in [5.74, 6) is 0.527. The smallest absolute Gasteiger partial charge is 0.320 e. The summed E-state index contributed by atoms with van der Waals surface area (Å²) in [7, 11) is 3.23. The van der Waals surface area contributed by atoms with E-state index in [0.29, 0.717) is 17.9 Å². The van der Waals surface area contributed by atoms with Gasteiger partial charge >= 0.3 is 5.97 Å². The maximum atomic E-state index is 12.0. The molecule has 0 aliphatic carbocycles. The summed E-state index contributed by atoms with van der Waals surface area (Å²) in [6.45, 7) is 0.735. The van der Waals surface area contributed by atoms with Gasteiger partial charge in [0.25, 0.3) is 0 Å². The normalized spacial score (nSPS) is 17.9. The molecule has 2 unspecified atom stereocenters. The highest BCUT2D eigenvalue weighted by molar-refractivity contribution is 5.86. The molecule has 1 N–H and O–H groups in total. The molecule has 3 aromatic rings. The molecule has 29 heavy (non-hydrogen) atoms. The van der Waals surface area contributed by atoms with Crippen molar-refractivity contribution in [3.05, 3.63) is 71.8 Å². The molecule has 1 aliphatic heterocycles. The number of fused-ring (bicyclic) bond motifs is 1. The Labute approximate surface area is 170 Å². The minimum Gasteiger partial charge on any atom is -0.493 e. The molecule has 2 atom stereocenters. The van der Waals surface area contributed by atoms with Gasteiger partial charge in [0.1, 0.15) is 6.04 Å². The number of carboxylic acids is 1. The molecule has 0 spiro atoms. The van der Waals surface area contributed by atoms with Crippen molar-refractivity contribution in [2.75, 3.05) is 20.8 Å². The lowest BCUT2D eigenvalue weighted by Gasteiger charge is -2.33. The predicted octanol–water partition coefficient (Wildman–Crippen LogP) is 4.50. The van der Waals surface area contributed by atoms with Crippen LogP contribution in [0.3, 0.4) is 0 Å². The number of methoxy groups -OCH3 is 2. The lowest BCUT2D eigenvalue weighted by atomic mass is 9.91. The van der Waals surface area contributed by atoms with Crippen LogP contribution in [0.15, 0.2) is 60.7 Å². The van der Waals surface area contributed by atoms with Crippen molar-refractivity contribution in [2.24, 2.45) is 0 Å². The van der Waals surface area contributed by atoms with E-state index in [1.54, 1.807) is 14.2 Å². The van der Waals surface area contributed by atoms with Gasteiger partial charge in [-0.05, 0) is 46.9 Å². The van der Waals surface area contributed by atoms with E-state index >= 15 is 0 Å². The number of rotatable bonds is 6. The van der Waals surface area contributed by atoms with Crippen molar-refractivity contribution in [1.82, 2.24) is 4.90 Å². The Kier molecular flexibility index (Phi) is 5.41. The average molecular weight is 391 g/mol. The quantitative estimate of drug-likeness (QED) is 0.671. The van der Waals surface area contributed by atoms with Gasteiger partial charge in [0.2, 0.25) is 0 Å². The second-order valence-corrected chi connectivity index (χ2v) is 7.32. The number of benzene rings is 3. The van der Waals surface area contributed by atoms with E-state index in [2.05, 4.69) is 29.2 Å². The largest absolute Gasteiger partial charge is 0.493 e. The molecule has 3 aromatic carbocycles. The van der Waals surface area contributed by atoms with Gasteiger partial charge in [0, 0.05) is 6.54 Å². The molecule has 0 bridgehead atoms. The molecule has 0 radical (unpaired) electrons. The monoisotopic (exact) mass is 391 g/mol. The molecular weight excluding hydrogens is 366 g/mol. The molecular formula is C24H25NO4. The second-order valence-electron chi connectivity index (χ2n) is 7.32. The van der Waals surface area contributed by atoms with Crippen molar-refractivity contribution in [2.45, 2.75) is 24.9 Å². The van der Waals surface area contributed by atoms with E-state index in [-0.39, 0.29) is 6.04 Å². The fourth-order valence-corrected chi connectivity index (χ4v) is 4.42. The third-order valence-corrected chi connectivity index (χ3v) is 5.75. The Morgan fingerprint density at radius 3 is 2.55 bits per heavy atom. The zero-order chi connectivity index (χ0) is 20.4. The van der Waals surface area contributed by atoms with Crippen molar-refractivity contribution in [3.63, 3.8) is 0 Å². The van der Waals surface area contributed by atoms with Crippen LogP contribution < -0.4 is 9.47 Å². The van der Waals surface area contributed by atoms with Gasteiger partial charge in [-0.15, -0.1) is 0 Å². The molecule has 5 heteroatoms. The van der Waals surface area contributed by atoms with Crippen LogP contribution in [0.1, 0.15) is 30.0 Å². The zero-order valence-corrected chi connectivity index (χ0v) is 16.7. The third kappa shape index (κ3) is 3.54. The Balaban J connectivity index is 1.92. The molecule has 4 rings (SSSR count). The molecule has 1 aliphatic rings. The molecule has 0 saturated carbocycles. The molecule has 1 fully saturated rings. The Bertz CT molecular complexity index is 1030. The number of aliphatic carboxylic acids is 1. The van der Waals surface area contributed by atoms with E-state index in [9.17, 15) is 9.90 Å². The number of hydrogen-bond donors (Lipinski definition) is 1. The number of ether oxygens (including phenoxy) is 2. The minimum absolute atomic E-state index is 0.190. The van der Waals surface area contributed by atoms with Crippen LogP contribution in [0, 0.1) is 0 Å². The first-order valence-corrected chi connectivity index (χ1v) is 9.82. The molecule has 1 heterocycles. The van der Waals surface area contributed by atoms with E-state index in [1.165, 1.54) is 0 Å². The van der Waals surface area contributed by atoms with E-state index in [0.717, 1.165) is 34.9 Å². The lowest BCUT2D eigenvalue weighted by molar-refractivity contribution is -0.142. The summed E-state index contributed by atoms with van der Waals surface area (Å²) in [6, 6.07) is 19.6. The van der Waals surface area contributed by atoms with Gasteiger partial charge in [0.15, 0.2) is 11.5 Å². The Morgan fingerprint density at radius 1 is 1.03 bits per heavy atom.